The van der Waals surface area contributed by atoms with Crippen LogP contribution < -0.4 is 5.32 Å². The lowest BCUT2D eigenvalue weighted by molar-refractivity contribution is 0.462. The molecule has 1 aromatic heterocycles. The third-order valence-corrected chi connectivity index (χ3v) is 2.83. The summed E-state index contributed by atoms with van der Waals surface area (Å²) in [6.45, 7) is 7.49. The Morgan fingerprint density at radius 1 is 1.47 bits per heavy atom. The Hall–Kier alpha value is -0.830. The fraction of sp³-hybridized carbons (Fsp3) is 0.750. The summed E-state index contributed by atoms with van der Waals surface area (Å²) in [5.41, 5.74) is 2.45. The first-order valence-corrected chi connectivity index (χ1v) is 5.89. The Labute approximate surface area is 92.9 Å². The summed E-state index contributed by atoms with van der Waals surface area (Å²) in [5, 5.41) is 7.92. The van der Waals surface area contributed by atoms with Gasteiger partial charge in [0.2, 0.25) is 0 Å². The third kappa shape index (κ3) is 3.67. The minimum absolute atomic E-state index is 0.648. The van der Waals surface area contributed by atoms with Gasteiger partial charge in [-0.15, -0.1) is 0 Å². The zero-order valence-electron chi connectivity index (χ0n) is 10.4. The maximum Gasteiger partial charge on any atom is 0.0638 e. The van der Waals surface area contributed by atoms with Crippen molar-refractivity contribution in [3.8, 4) is 0 Å². The minimum Gasteiger partial charge on any atom is -0.310 e. The van der Waals surface area contributed by atoms with Gasteiger partial charge in [0.05, 0.1) is 5.69 Å². The van der Waals surface area contributed by atoms with Crippen LogP contribution in [-0.4, -0.2) is 15.8 Å². The van der Waals surface area contributed by atoms with Crippen molar-refractivity contribution in [1.82, 2.24) is 15.1 Å². The Kier molecular flexibility index (Phi) is 4.82. The Morgan fingerprint density at radius 3 is 2.67 bits per heavy atom. The summed E-state index contributed by atoms with van der Waals surface area (Å²) >= 11 is 0. The van der Waals surface area contributed by atoms with Gasteiger partial charge in [-0.05, 0) is 19.8 Å². The monoisotopic (exact) mass is 209 g/mol. The van der Waals surface area contributed by atoms with E-state index in [4.69, 9.17) is 0 Å². The van der Waals surface area contributed by atoms with E-state index < -0.39 is 0 Å². The molecule has 3 heteroatoms. The molecule has 0 saturated heterocycles. The smallest absolute Gasteiger partial charge is 0.0638 e. The maximum absolute atomic E-state index is 4.34. The van der Waals surface area contributed by atoms with Crippen molar-refractivity contribution in [3.05, 3.63) is 17.5 Å². The van der Waals surface area contributed by atoms with Gasteiger partial charge in [0, 0.05) is 31.4 Å². The fourth-order valence-corrected chi connectivity index (χ4v) is 1.88. The molecule has 0 aliphatic carbocycles. The maximum atomic E-state index is 4.34. The van der Waals surface area contributed by atoms with Gasteiger partial charge in [-0.1, -0.05) is 20.3 Å². The van der Waals surface area contributed by atoms with Crippen molar-refractivity contribution in [3.63, 3.8) is 0 Å². The fourth-order valence-electron chi connectivity index (χ4n) is 1.88. The Morgan fingerprint density at radius 2 is 2.20 bits per heavy atom. The topological polar surface area (TPSA) is 29.9 Å². The molecule has 0 radical (unpaired) electrons. The number of hydrogen-bond donors (Lipinski definition) is 1. The molecule has 1 rings (SSSR count). The summed E-state index contributed by atoms with van der Waals surface area (Å²) in [7, 11) is 1.97. The molecule has 1 aromatic rings. The van der Waals surface area contributed by atoms with Crippen LogP contribution in [0.4, 0.5) is 0 Å². The van der Waals surface area contributed by atoms with Crippen LogP contribution in [0.1, 0.15) is 44.4 Å². The van der Waals surface area contributed by atoms with E-state index in [1.807, 2.05) is 11.7 Å². The van der Waals surface area contributed by atoms with E-state index in [9.17, 15) is 0 Å². The minimum atomic E-state index is 0.648. The van der Waals surface area contributed by atoms with Crippen molar-refractivity contribution in [2.45, 2.75) is 52.6 Å². The highest BCUT2D eigenvalue weighted by atomic mass is 15.2. The van der Waals surface area contributed by atoms with E-state index in [1.54, 1.807) is 0 Å². The van der Waals surface area contributed by atoms with Gasteiger partial charge in [0.1, 0.15) is 0 Å². The van der Waals surface area contributed by atoms with Gasteiger partial charge in [0.25, 0.3) is 0 Å². The van der Waals surface area contributed by atoms with Crippen LogP contribution in [0.25, 0.3) is 0 Å². The summed E-state index contributed by atoms with van der Waals surface area (Å²) < 4.78 is 1.88. The predicted octanol–water partition coefficient (Wildman–Crippen LogP) is 2.40. The Bertz CT molecular complexity index is 291. The standard InChI is InChI=1S/C12H23N3/c1-5-7-12(6-2)13-8-11-9-15(4)14-10(11)3/h9,12-13H,5-8H2,1-4H3. The second-order valence-corrected chi connectivity index (χ2v) is 4.19. The summed E-state index contributed by atoms with van der Waals surface area (Å²) in [5.74, 6) is 0. The van der Waals surface area contributed by atoms with Gasteiger partial charge in [-0.25, -0.2) is 0 Å². The summed E-state index contributed by atoms with van der Waals surface area (Å²) in [4.78, 5) is 0. The Balaban J connectivity index is 2.44. The molecule has 3 nitrogen and oxygen atoms in total. The largest absolute Gasteiger partial charge is 0.310 e. The van der Waals surface area contributed by atoms with E-state index in [1.165, 1.54) is 24.8 Å². The van der Waals surface area contributed by atoms with Crippen molar-refractivity contribution in [1.29, 1.82) is 0 Å². The highest BCUT2D eigenvalue weighted by Crippen LogP contribution is 2.07. The number of nitrogens with one attached hydrogen (secondary N) is 1. The van der Waals surface area contributed by atoms with Crippen molar-refractivity contribution < 1.29 is 0 Å². The van der Waals surface area contributed by atoms with Crippen LogP contribution in [0, 0.1) is 6.92 Å². The zero-order chi connectivity index (χ0) is 11.3. The molecule has 1 heterocycles. The number of aromatic nitrogens is 2. The average molecular weight is 209 g/mol. The number of aryl methyl sites for hydroxylation is 2. The lowest BCUT2D eigenvalue weighted by Crippen LogP contribution is -2.27. The van der Waals surface area contributed by atoms with Gasteiger partial charge in [-0.3, -0.25) is 4.68 Å². The van der Waals surface area contributed by atoms with Crippen LogP contribution in [-0.2, 0) is 13.6 Å². The normalized spacial score (nSPS) is 13.1. The molecule has 0 saturated carbocycles. The molecule has 1 atom stereocenters. The van der Waals surface area contributed by atoms with Gasteiger partial charge < -0.3 is 5.32 Å². The third-order valence-electron chi connectivity index (χ3n) is 2.83. The van der Waals surface area contributed by atoms with Crippen molar-refractivity contribution in [2.24, 2.45) is 7.05 Å². The second kappa shape index (κ2) is 5.91. The molecule has 1 N–H and O–H groups in total. The van der Waals surface area contributed by atoms with Crippen molar-refractivity contribution in [2.75, 3.05) is 0 Å². The summed E-state index contributed by atoms with van der Waals surface area (Å²) in [6, 6.07) is 0.648. The molecule has 0 amide bonds. The lowest BCUT2D eigenvalue weighted by atomic mass is 10.1. The molecule has 0 spiro atoms. The van der Waals surface area contributed by atoms with Crippen LogP contribution in [0.5, 0.6) is 0 Å². The first-order chi connectivity index (χ1) is 7.17. The van der Waals surface area contributed by atoms with Crippen LogP contribution in [0.3, 0.4) is 0 Å². The first kappa shape index (κ1) is 12.2. The van der Waals surface area contributed by atoms with Gasteiger partial charge >= 0.3 is 0 Å². The molecule has 0 aromatic carbocycles. The van der Waals surface area contributed by atoms with Crippen molar-refractivity contribution >= 4 is 0 Å². The summed E-state index contributed by atoms with van der Waals surface area (Å²) in [6.07, 6.45) is 5.81. The number of rotatable bonds is 6. The zero-order valence-corrected chi connectivity index (χ0v) is 10.4. The number of hydrogen-bond acceptors (Lipinski definition) is 2. The molecular weight excluding hydrogens is 186 g/mol. The molecule has 0 aliphatic heterocycles. The van der Waals surface area contributed by atoms with E-state index in [2.05, 4.69) is 37.4 Å². The SMILES string of the molecule is CCCC(CC)NCc1cn(C)nc1C. The molecule has 0 aliphatic rings. The molecule has 15 heavy (non-hydrogen) atoms. The average Bonchev–Trinajstić information content (AvgIpc) is 2.52. The highest BCUT2D eigenvalue weighted by Gasteiger charge is 2.07. The second-order valence-electron chi connectivity index (χ2n) is 4.19. The van der Waals surface area contributed by atoms with Gasteiger partial charge in [-0.2, -0.15) is 5.10 Å². The van der Waals surface area contributed by atoms with E-state index in [0.717, 1.165) is 12.2 Å². The van der Waals surface area contributed by atoms with E-state index >= 15 is 0 Å². The van der Waals surface area contributed by atoms with Crippen LogP contribution in [0.2, 0.25) is 0 Å². The quantitative estimate of drug-likeness (QED) is 0.779. The molecule has 0 fully saturated rings. The van der Waals surface area contributed by atoms with Crippen LogP contribution >= 0.6 is 0 Å². The van der Waals surface area contributed by atoms with Gasteiger partial charge in [0.15, 0.2) is 0 Å². The molecule has 86 valence electrons. The molecule has 0 bridgehead atoms. The molecular formula is C12H23N3. The highest BCUT2D eigenvalue weighted by molar-refractivity contribution is 5.14. The first-order valence-electron chi connectivity index (χ1n) is 5.89. The van der Waals surface area contributed by atoms with E-state index in [-0.39, 0.29) is 0 Å². The van der Waals surface area contributed by atoms with E-state index in [0.29, 0.717) is 6.04 Å². The number of nitrogens with zero attached hydrogens (tertiary/aromatic N) is 2. The molecule has 1 unspecified atom stereocenters. The van der Waals surface area contributed by atoms with Crippen LogP contribution in [0.15, 0.2) is 6.20 Å². The lowest BCUT2D eigenvalue weighted by Gasteiger charge is -2.15. The predicted molar refractivity (Wildman–Crippen MR) is 63.8 cm³/mol.